The fourth-order valence-electron chi connectivity index (χ4n) is 3.16. The van der Waals surface area contributed by atoms with E-state index >= 15 is 0 Å². The molecule has 8 heteroatoms. The molecule has 29 heavy (non-hydrogen) atoms. The van der Waals surface area contributed by atoms with Gasteiger partial charge in [-0.15, -0.1) is 0 Å². The Hall–Kier alpha value is -3.16. The van der Waals surface area contributed by atoms with Gasteiger partial charge in [0.05, 0.1) is 24.3 Å². The maximum atomic E-state index is 14.4. The van der Waals surface area contributed by atoms with Crippen LogP contribution in [0.15, 0.2) is 52.5 Å². The van der Waals surface area contributed by atoms with Gasteiger partial charge in [0.15, 0.2) is 11.7 Å². The van der Waals surface area contributed by atoms with E-state index in [0.29, 0.717) is 30.7 Å². The summed E-state index contributed by atoms with van der Waals surface area (Å²) >= 11 is 0. The number of aliphatic imine (C=N–C) groups is 1. The molecule has 0 aliphatic rings. The number of rotatable bonds is 8. The van der Waals surface area contributed by atoms with Gasteiger partial charge in [-0.3, -0.25) is 4.99 Å². The fourth-order valence-corrected chi connectivity index (χ4v) is 3.16. The van der Waals surface area contributed by atoms with Gasteiger partial charge >= 0.3 is 0 Å². The highest BCUT2D eigenvalue weighted by molar-refractivity contribution is 5.79. The summed E-state index contributed by atoms with van der Waals surface area (Å²) in [5, 5.41) is 10.5. The van der Waals surface area contributed by atoms with Crippen molar-refractivity contribution in [1.29, 1.82) is 0 Å². The molecule has 0 atom stereocenters. The van der Waals surface area contributed by atoms with E-state index in [9.17, 15) is 4.39 Å². The highest BCUT2D eigenvalue weighted by Crippen LogP contribution is 2.22. The molecule has 0 saturated heterocycles. The molecule has 2 N–H and O–H groups in total. The second-order valence-electron chi connectivity index (χ2n) is 6.77. The van der Waals surface area contributed by atoms with Crippen molar-refractivity contribution in [2.45, 2.75) is 45.7 Å². The number of benzene rings is 1. The van der Waals surface area contributed by atoms with Crippen LogP contribution in [0, 0.1) is 5.82 Å². The third-order valence-electron chi connectivity index (χ3n) is 4.89. The fraction of sp³-hybridized carbons (Fsp3) is 0.381. The van der Waals surface area contributed by atoms with Gasteiger partial charge in [-0.25, -0.2) is 9.37 Å². The topological polar surface area (TPSA) is 80.3 Å². The molecule has 0 aliphatic carbocycles. The molecule has 154 valence electrons. The lowest BCUT2D eigenvalue weighted by Gasteiger charge is -2.12. The van der Waals surface area contributed by atoms with Crippen LogP contribution in [0.3, 0.4) is 0 Å². The zero-order chi connectivity index (χ0) is 20.6. The third-order valence-corrected chi connectivity index (χ3v) is 4.89. The smallest absolute Gasteiger partial charge is 0.191 e. The number of hydrogen-bond donors (Lipinski definition) is 2. The van der Waals surface area contributed by atoms with Crippen LogP contribution in [0.4, 0.5) is 4.39 Å². The first kappa shape index (κ1) is 20.6. The lowest BCUT2D eigenvalue weighted by molar-refractivity contribution is 0.368. The van der Waals surface area contributed by atoms with E-state index in [0.717, 1.165) is 29.9 Å². The van der Waals surface area contributed by atoms with Gasteiger partial charge in [-0.1, -0.05) is 25.1 Å². The number of hydrogen-bond acceptors (Lipinski definition) is 4. The van der Waals surface area contributed by atoms with Crippen molar-refractivity contribution in [2.24, 2.45) is 4.99 Å². The molecule has 0 aliphatic heterocycles. The third kappa shape index (κ3) is 5.22. The lowest BCUT2D eigenvalue weighted by atomic mass is 9.99. The zero-order valence-electron chi connectivity index (χ0n) is 17.0. The van der Waals surface area contributed by atoms with E-state index in [1.165, 1.54) is 6.07 Å². The summed E-state index contributed by atoms with van der Waals surface area (Å²) in [5.41, 5.74) is 2.26. The molecule has 2 heterocycles. The van der Waals surface area contributed by atoms with E-state index < -0.39 is 0 Å². The lowest BCUT2D eigenvalue weighted by Crippen LogP contribution is -2.36. The molecule has 0 bridgehead atoms. The van der Waals surface area contributed by atoms with Gasteiger partial charge in [0.25, 0.3) is 0 Å². The van der Waals surface area contributed by atoms with Crippen molar-refractivity contribution < 1.29 is 8.91 Å². The minimum absolute atomic E-state index is 0.305. The molecule has 0 fully saturated rings. The van der Waals surface area contributed by atoms with Crippen LogP contribution in [-0.4, -0.2) is 27.7 Å². The van der Waals surface area contributed by atoms with Gasteiger partial charge in [-0.2, -0.15) is 0 Å². The number of halogens is 1. The average molecular weight is 398 g/mol. The Kier molecular flexibility index (Phi) is 6.99. The molecule has 0 spiro atoms. The first-order chi connectivity index (χ1) is 14.1. The van der Waals surface area contributed by atoms with Crippen LogP contribution in [0.2, 0.25) is 0 Å². The minimum atomic E-state index is -0.305. The van der Waals surface area contributed by atoms with Crippen LogP contribution < -0.4 is 10.6 Å². The zero-order valence-corrected chi connectivity index (χ0v) is 17.0. The SMILES string of the molecule is CCC(CC)c1cc(CNC(=NC)NCc2ccc(-n3ccnc3)c(F)c2)on1. The van der Waals surface area contributed by atoms with Gasteiger partial charge < -0.3 is 19.7 Å². The van der Waals surface area contributed by atoms with Gasteiger partial charge in [0, 0.05) is 38.0 Å². The number of guanidine groups is 1. The van der Waals surface area contributed by atoms with E-state index in [1.807, 2.05) is 12.1 Å². The standard InChI is InChI=1S/C21H27FN6O/c1-4-16(5-2)19-11-17(29-27-19)13-26-21(23-3)25-12-15-6-7-20(18(22)10-15)28-9-8-24-14-28/h6-11,14,16H,4-5,12-13H2,1-3H3,(H2,23,25,26). The summed E-state index contributed by atoms with van der Waals surface area (Å²) in [6.07, 6.45) is 6.97. The maximum absolute atomic E-state index is 14.4. The second kappa shape index (κ2) is 9.86. The Balaban J connectivity index is 1.54. The monoisotopic (exact) mass is 398 g/mol. The van der Waals surface area contributed by atoms with Crippen molar-refractivity contribution >= 4 is 5.96 Å². The summed E-state index contributed by atoms with van der Waals surface area (Å²) in [6.45, 7) is 5.21. The van der Waals surface area contributed by atoms with E-state index in [-0.39, 0.29) is 5.82 Å². The van der Waals surface area contributed by atoms with Crippen LogP contribution in [0.5, 0.6) is 0 Å². The summed E-state index contributed by atoms with van der Waals surface area (Å²) in [6, 6.07) is 7.10. The number of imidazole rings is 1. The first-order valence-electron chi connectivity index (χ1n) is 9.81. The molecule has 1 aromatic carbocycles. The summed E-state index contributed by atoms with van der Waals surface area (Å²) in [5.74, 6) is 1.47. The average Bonchev–Trinajstić information content (AvgIpc) is 3.42. The molecule has 3 rings (SSSR count). The van der Waals surface area contributed by atoms with E-state index in [1.54, 1.807) is 36.4 Å². The Morgan fingerprint density at radius 1 is 1.21 bits per heavy atom. The highest BCUT2D eigenvalue weighted by atomic mass is 19.1. The maximum Gasteiger partial charge on any atom is 0.191 e. The summed E-state index contributed by atoms with van der Waals surface area (Å²) < 4.78 is 21.4. The number of aromatic nitrogens is 3. The Labute approximate surface area is 170 Å². The minimum Gasteiger partial charge on any atom is -0.359 e. The van der Waals surface area contributed by atoms with Crippen molar-refractivity contribution in [2.75, 3.05) is 7.05 Å². The second-order valence-corrected chi connectivity index (χ2v) is 6.77. The van der Waals surface area contributed by atoms with Crippen molar-refractivity contribution in [3.8, 4) is 5.69 Å². The van der Waals surface area contributed by atoms with Crippen LogP contribution in [0.25, 0.3) is 5.69 Å². The molecule has 0 unspecified atom stereocenters. The Bertz CT molecular complexity index is 931. The van der Waals surface area contributed by atoms with Crippen LogP contribution >= 0.6 is 0 Å². The van der Waals surface area contributed by atoms with Crippen LogP contribution in [0.1, 0.15) is 49.6 Å². The first-order valence-corrected chi connectivity index (χ1v) is 9.81. The highest BCUT2D eigenvalue weighted by Gasteiger charge is 2.13. The molecule has 2 aromatic heterocycles. The largest absolute Gasteiger partial charge is 0.359 e. The number of nitrogens with one attached hydrogen (secondary N) is 2. The van der Waals surface area contributed by atoms with Gasteiger partial charge in [-0.05, 0) is 30.5 Å². The van der Waals surface area contributed by atoms with E-state index in [4.69, 9.17) is 4.52 Å². The number of nitrogens with zero attached hydrogens (tertiary/aromatic N) is 4. The van der Waals surface area contributed by atoms with Crippen LogP contribution in [-0.2, 0) is 13.1 Å². The molecular weight excluding hydrogens is 371 g/mol. The molecule has 7 nitrogen and oxygen atoms in total. The predicted molar refractivity (Wildman–Crippen MR) is 110 cm³/mol. The predicted octanol–water partition coefficient (Wildman–Crippen LogP) is 3.77. The molecule has 3 aromatic rings. The Morgan fingerprint density at radius 3 is 2.66 bits per heavy atom. The molecule has 0 radical (unpaired) electrons. The normalized spacial score (nSPS) is 11.8. The van der Waals surface area contributed by atoms with Crippen molar-refractivity contribution in [3.63, 3.8) is 0 Å². The molecule has 0 saturated carbocycles. The quantitative estimate of drug-likeness (QED) is 0.446. The van der Waals surface area contributed by atoms with Crippen molar-refractivity contribution in [3.05, 3.63) is 65.8 Å². The van der Waals surface area contributed by atoms with Gasteiger partial charge in [0.1, 0.15) is 5.82 Å². The Morgan fingerprint density at radius 2 is 2.00 bits per heavy atom. The van der Waals surface area contributed by atoms with E-state index in [2.05, 4.69) is 39.6 Å². The van der Waals surface area contributed by atoms with Crippen molar-refractivity contribution in [1.82, 2.24) is 25.3 Å². The molecular formula is C21H27FN6O. The summed E-state index contributed by atoms with van der Waals surface area (Å²) in [7, 11) is 1.69. The van der Waals surface area contributed by atoms with Gasteiger partial charge in [0.2, 0.25) is 0 Å². The molecule has 0 amide bonds. The summed E-state index contributed by atoms with van der Waals surface area (Å²) in [4.78, 5) is 8.15.